The first-order valence-corrected chi connectivity index (χ1v) is 12.9. The number of benzene rings is 4. The number of para-hydroxylation sites is 1. The summed E-state index contributed by atoms with van der Waals surface area (Å²) in [6.45, 7) is 4.80. The monoisotopic (exact) mass is 466 g/mol. The van der Waals surface area contributed by atoms with Gasteiger partial charge < -0.3 is 4.57 Å². The molecule has 0 radical (unpaired) electrons. The smallest absolute Gasteiger partial charge is 0.0637 e. The van der Waals surface area contributed by atoms with Gasteiger partial charge in [0.25, 0.3) is 0 Å². The SMILES string of the molecule is CC1(C)c2ccccc2-c2c1c1c3ccccc3n(-c3ccncc3)c1c1c2sc2ccccc21. The molecule has 35 heavy (non-hydrogen) atoms. The van der Waals surface area contributed by atoms with E-state index in [0.29, 0.717) is 0 Å². The lowest BCUT2D eigenvalue weighted by atomic mass is 9.80. The maximum atomic E-state index is 4.31. The van der Waals surface area contributed by atoms with Crippen molar-refractivity contribution in [2.24, 2.45) is 0 Å². The number of fused-ring (bicyclic) bond motifs is 12. The highest BCUT2D eigenvalue weighted by atomic mass is 32.1. The summed E-state index contributed by atoms with van der Waals surface area (Å²) in [5, 5.41) is 5.39. The average molecular weight is 467 g/mol. The Kier molecular flexibility index (Phi) is 3.64. The molecule has 3 heterocycles. The molecule has 1 aliphatic carbocycles. The molecule has 0 bridgehead atoms. The summed E-state index contributed by atoms with van der Waals surface area (Å²) in [5.74, 6) is 0. The van der Waals surface area contributed by atoms with Crippen molar-refractivity contribution in [3.8, 4) is 16.8 Å². The van der Waals surface area contributed by atoms with E-state index >= 15 is 0 Å². The van der Waals surface area contributed by atoms with E-state index in [0.717, 1.165) is 5.69 Å². The lowest BCUT2D eigenvalue weighted by Crippen LogP contribution is -2.15. The van der Waals surface area contributed by atoms with Gasteiger partial charge >= 0.3 is 0 Å². The minimum absolute atomic E-state index is 0.0955. The fourth-order valence-corrected chi connectivity index (χ4v) is 7.72. The Morgan fingerprint density at radius 2 is 1.46 bits per heavy atom. The first kappa shape index (κ1) is 19.4. The molecule has 2 nitrogen and oxygen atoms in total. The van der Waals surface area contributed by atoms with Gasteiger partial charge in [0.2, 0.25) is 0 Å². The van der Waals surface area contributed by atoms with Gasteiger partial charge in [0.05, 0.1) is 11.0 Å². The quantitative estimate of drug-likeness (QED) is 0.236. The standard InChI is InChI=1S/C32H22N2S/c1-32(2)23-12-6-3-9-20(23)27-29(32)26-21-10-4-7-13-24(21)34(19-15-17-33-18-16-19)30(26)28-22-11-5-8-14-25(22)35-31(27)28/h3-18H,1-2H3. The highest BCUT2D eigenvalue weighted by Gasteiger charge is 2.40. The van der Waals surface area contributed by atoms with Crippen LogP contribution >= 0.6 is 11.3 Å². The van der Waals surface area contributed by atoms with Crippen LogP contribution in [0.25, 0.3) is 58.8 Å². The van der Waals surface area contributed by atoms with Crippen LogP contribution in [-0.4, -0.2) is 9.55 Å². The van der Waals surface area contributed by atoms with Crippen LogP contribution in [0.4, 0.5) is 0 Å². The molecule has 8 rings (SSSR count). The first-order chi connectivity index (χ1) is 17.2. The molecule has 1 aliphatic rings. The van der Waals surface area contributed by atoms with Gasteiger partial charge in [0.15, 0.2) is 0 Å². The van der Waals surface area contributed by atoms with Crippen molar-refractivity contribution in [1.29, 1.82) is 0 Å². The molecular weight excluding hydrogens is 444 g/mol. The number of rotatable bonds is 1. The van der Waals surface area contributed by atoms with Gasteiger partial charge in [-0.15, -0.1) is 11.3 Å². The third kappa shape index (κ3) is 2.32. The Morgan fingerprint density at radius 3 is 2.31 bits per heavy atom. The lowest BCUT2D eigenvalue weighted by molar-refractivity contribution is 0.667. The molecule has 4 aromatic carbocycles. The van der Waals surface area contributed by atoms with Crippen LogP contribution in [0.15, 0.2) is 97.3 Å². The molecule has 3 heteroatoms. The van der Waals surface area contributed by atoms with E-state index in [4.69, 9.17) is 0 Å². The number of hydrogen-bond acceptors (Lipinski definition) is 2. The van der Waals surface area contributed by atoms with Crippen LogP contribution in [0.1, 0.15) is 25.0 Å². The maximum absolute atomic E-state index is 4.31. The van der Waals surface area contributed by atoms with Gasteiger partial charge in [-0.25, -0.2) is 0 Å². The van der Waals surface area contributed by atoms with Crippen LogP contribution < -0.4 is 0 Å². The van der Waals surface area contributed by atoms with Crippen molar-refractivity contribution in [2.75, 3.05) is 0 Å². The predicted molar refractivity (Wildman–Crippen MR) is 149 cm³/mol. The zero-order valence-corrected chi connectivity index (χ0v) is 20.4. The van der Waals surface area contributed by atoms with Crippen LogP contribution in [0.3, 0.4) is 0 Å². The Labute approximate surface area is 207 Å². The summed E-state index contributed by atoms with van der Waals surface area (Å²) in [7, 11) is 0. The van der Waals surface area contributed by atoms with Crippen LogP contribution in [0, 0.1) is 0 Å². The topological polar surface area (TPSA) is 17.8 Å². The van der Waals surface area contributed by atoms with E-state index in [1.165, 1.54) is 64.2 Å². The largest absolute Gasteiger partial charge is 0.308 e. The Bertz CT molecular complexity index is 1970. The second-order valence-corrected chi connectivity index (χ2v) is 11.1. The van der Waals surface area contributed by atoms with E-state index in [9.17, 15) is 0 Å². The average Bonchev–Trinajstić information content (AvgIpc) is 3.51. The van der Waals surface area contributed by atoms with E-state index in [-0.39, 0.29) is 5.41 Å². The second-order valence-electron chi connectivity index (χ2n) is 10.0. The fourth-order valence-electron chi connectivity index (χ4n) is 6.45. The molecule has 0 saturated carbocycles. The lowest BCUT2D eigenvalue weighted by Gasteiger charge is -2.23. The van der Waals surface area contributed by atoms with E-state index < -0.39 is 0 Å². The van der Waals surface area contributed by atoms with Crippen molar-refractivity contribution >= 4 is 53.3 Å². The van der Waals surface area contributed by atoms with Crippen molar-refractivity contribution in [1.82, 2.24) is 9.55 Å². The minimum atomic E-state index is -0.0955. The number of thiophene rings is 1. The summed E-state index contributed by atoms with van der Waals surface area (Å²) < 4.78 is 5.20. The summed E-state index contributed by atoms with van der Waals surface area (Å²) in [5.41, 5.74) is 9.28. The number of aromatic nitrogens is 2. The van der Waals surface area contributed by atoms with Gasteiger partial charge in [-0.05, 0) is 41.0 Å². The van der Waals surface area contributed by atoms with Crippen LogP contribution in [0.2, 0.25) is 0 Å². The van der Waals surface area contributed by atoms with Gasteiger partial charge in [0.1, 0.15) is 0 Å². The molecule has 7 aromatic rings. The predicted octanol–water partition coefficient (Wildman–Crippen LogP) is 8.85. The second kappa shape index (κ2) is 6.59. The molecule has 0 amide bonds. The number of pyridine rings is 1. The zero-order valence-electron chi connectivity index (χ0n) is 19.5. The van der Waals surface area contributed by atoms with Gasteiger partial charge in [-0.2, -0.15) is 0 Å². The molecular formula is C32H22N2S. The normalized spacial score (nSPS) is 14.2. The summed E-state index contributed by atoms with van der Waals surface area (Å²) in [6.07, 6.45) is 3.79. The van der Waals surface area contributed by atoms with Crippen LogP contribution in [-0.2, 0) is 5.41 Å². The minimum Gasteiger partial charge on any atom is -0.308 e. The van der Waals surface area contributed by atoms with Gasteiger partial charge in [-0.3, -0.25) is 4.98 Å². The Balaban J connectivity index is 1.76. The van der Waals surface area contributed by atoms with Crippen molar-refractivity contribution < 1.29 is 0 Å². The third-order valence-corrected chi connectivity index (χ3v) is 9.04. The van der Waals surface area contributed by atoms with Crippen molar-refractivity contribution in [2.45, 2.75) is 19.3 Å². The molecule has 0 atom stereocenters. The molecule has 0 unspecified atom stereocenters. The summed E-state index contributed by atoms with van der Waals surface area (Å²) in [6, 6.07) is 31.0. The van der Waals surface area contributed by atoms with Gasteiger partial charge in [0, 0.05) is 60.0 Å². The third-order valence-electron chi connectivity index (χ3n) is 7.85. The fraction of sp³-hybridized carbons (Fsp3) is 0.0938. The molecule has 0 N–H and O–H groups in total. The highest BCUT2D eigenvalue weighted by molar-refractivity contribution is 7.26. The first-order valence-electron chi connectivity index (χ1n) is 12.1. The van der Waals surface area contributed by atoms with Gasteiger partial charge in [-0.1, -0.05) is 74.5 Å². The number of hydrogen-bond donors (Lipinski definition) is 0. The van der Waals surface area contributed by atoms with Crippen LogP contribution in [0.5, 0.6) is 0 Å². The summed E-state index contributed by atoms with van der Waals surface area (Å²) in [4.78, 5) is 4.31. The molecule has 0 spiro atoms. The molecule has 166 valence electrons. The molecule has 3 aromatic heterocycles. The Morgan fingerprint density at radius 1 is 0.743 bits per heavy atom. The van der Waals surface area contributed by atoms with Crippen molar-refractivity contribution in [3.63, 3.8) is 0 Å². The molecule has 0 aliphatic heterocycles. The maximum Gasteiger partial charge on any atom is 0.0637 e. The highest BCUT2D eigenvalue weighted by Crippen LogP contribution is 2.58. The van der Waals surface area contributed by atoms with E-state index in [1.54, 1.807) is 0 Å². The van der Waals surface area contributed by atoms with E-state index in [2.05, 4.69) is 108 Å². The molecule has 0 fully saturated rings. The number of nitrogens with zero attached hydrogens (tertiary/aromatic N) is 2. The zero-order chi connectivity index (χ0) is 23.3. The van der Waals surface area contributed by atoms with Crippen molar-refractivity contribution in [3.05, 3.63) is 108 Å². The summed E-state index contributed by atoms with van der Waals surface area (Å²) >= 11 is 1.93. The van der Waals surface area contributed by atoms with E-state index in [1.807, 2.05) is 23.7 Å². The molecule has 0 saturated heterocycles. The Hall–Kier alpha value is -3.95.